The maximum Gasteiger partial charge on any atom is 0.410 e. The molecule has 2 heterocycles. The fraction of sp³-hybridized carbons (Fsp3) is 0.417. The number of methoxy groups -OCH3 is 1. The van der Waals surface area contributed by atoms with Crippen molar-refractivity contribution in [3.05, 3.63) is 63.4 Å². The number of carbonyl (C=O) groups is 2. The van der Waals surface area contributed by atoms with Crippen LogP contribution in [-0.2, 0) is 18.2 Å². The minimum atomic E-state index is -0.885. The lowest BCUT2D eigenvalue weighted by Gasteiger charge is -2.11. The Morgan fingerprint density at radius 3 is 2.76 bits per heavy atom. The predicted molar refractivity (Wildman–Crippen MR) is 124 cm³/mol. The van der Waals surface area contributed by atoms with Gasteiger partial charge in [0.2, 0.25) is 0 Å². The largest absolute Gasteiger partial charge is 0.507 e. The Bertz CT molecular complexity index is 1110. The summed E-state index contributed by atoms with van der Waals surface area (Å²) >= 11 is 0. The molecule has 1 amide bonds. The van der Waals surface area contributed by atoms with E-state index in [0.29, 0.717) is 18.7 Å². The second-order valence-electron chi connectivity index (χ2n) is 7.82. The molecule has 1 atom stereocenters. The highest BCUT2D eigenvalue weighted by Gasteiger charge is 2.22. The standard InChI is InChI=1S/C24H31N3O6/c1-6-9-17-14-27(4)20(26-17)12-16(3)22(29)21-18(28)13-19(33-23(21)30)15(2)10-7-8-11-25-24(31)32-5/h8,11-15,28H,6-7,9-10H2,1-5H3,(H,25,31)/b11-8+,16-12?. The Labute approximate surface area is 192 Å². The number of hydrogen-bond donors (Lipinski definition) is 2. The summed E-state index contributed by atoms with van der Waals surface area (Å²) in [6.45, 7) is 5.46. The first-order valence-electron chi connectivity index (χ1n) is 10.8. The van der Waals surface area contributed by atoms with Gasteiger partial charge < -0.3 is 18.8 Å². The van der Waals surface area contributed by atoms with Crippen molar-refractivity contribution in [1.29, 1.82) is 0 Å². The number of imidazole rings is 1. The quantitative estimate of drug-likeness (QED) is 0.407. The highest BCUT2D eigenvalue weighted by Crippen LogP contribution is 2.26. The Kier molecular flexibility index (Phi) is 9.20. The van der Waals surface area contributed by atoms with E-state index in [9.17, 15) is 19.5 Å². The van der Waals surface area contributed by atoms with E-state index in [1.165, 1.54) is 19.4 Å². The van der Waals surface area contributed by atoms with Crippen molar-refractivity contribution < 1.29 is 23.8 Å². The lowest BCUT2D eigenvalue weighted by atomic mass is 10.00. The van der Waals surface area contributed by atoms with Crippen LogP contribution < -0.4 is 10.9 Å². The third-order valence-corrected chi connectivity index (χ3v) is 5.11. The molecule has 33 heavy (non-hydrogen) atoms. The van der Waals surface area contributed by atoms with Gasteiger partial charge in [0.05, 0.1) is 12.8 Å². The SMILES string of the molecule is CCCc1cn(C)c(C=C(C)C(=O)c2c(O)cc(C(C)CC/C=C/NC(=O)OC)oc2=O)n1. The minimum Gasteiger partial charge on any atom is -0.507 e. The van der Waals surface area contributed by atoms with Crippen LogP contribution in [0.5, 0.6) is 5.75 Å². The van der Waals surface area contributed by atoms with Crippen molar-refractivity contribution >= 4 is 18.0 Å². The van der Waals surface area contributed by atoms with Crippen molar-refractivity contribution in [3.8, 4) is 5.75 Å². The average molecular weight is 458 g/mol. The number of nitrogens with one attached hydrogen (secondary N) is 1. The van der Waals surface area contributed by atoms with E-state index >= 15 is 0 Å². The summed E-state index contributed by atoms with van der Waals surface area (Å²) < 4.78 is 11.6. The third-order valence-electron chi connectivity index (χ3n) is 5.11. The number of Topliss-reactive ketones (excluding diaryl/α,β-unsaturated/α-hetero) is 1. The van der Waals surface area contributed by atoms with Gasteiger partial charge in [0.1, 0.15) is 22.9 Å². The maximum atomic E-state index is 12.9. The number of aromatic nitrogens is 2. The van der Waals surface area contributed by atoms with Gasteiger partial charge in [-0.15, -0.1) is 0 Å². The number of aryl methyl sites for hydroxylation is 2. The molecule has 0 saturated heterocycles. The van der Waals surface area contributed by atoms with Crippen LogP contribution in [-0.4, -0.2) is 33.6 Å². The van der Waals surface area contributed by atoms with Crippen LogP contribution in [0.1, 0.15) is 73.6 Å². The lowest BCUT2D eigenvalue weighted by Crippen LogP contribution is -2.17. The molecular weight excluding hydrogens is 426 g/mol. The molecule has 2 aromatic rings. The lowest BCUT2D eigenvalue weighted by molar-refractivity contribution is 0.102. The van der Waals surface area contributed by atoms with Gasteiger partial charge in [-0.3, -0.25) is 10.1 Å². The maximum absolute atomic E-state index is 12.9. The van der Waals surface area contributed by atoms with Crippen LogP contribution in [0.15, 0.2) is 39.3 Å². The summed E-state index contributed by atoms with van der Waals surface area (Å²) in [5.74, 6) is -0.360. The number of carbonyl (C=O) groups excluding carboxylic acids is 2. The first-order chi connectivity index (χ1) is 15.7. The Hall–Kier alpha value is -3.62. The van der Waals surface area contributed by atoms with Crippen molar-refractivity contribution in [2.24, 2.45) is 7.05 Å². The number of ether oxygens (including phenoxy) is 1. The summed E-state index contributed by atoms with van der Waals surface area (Å²) in [6.07, 6.45) is 9.09. The fourth-order valence-electron chi connectivity index (χ4n) is 3.22. The van der Waals surface area contributed by atoms with Gasteiger partial charge in [0.25, 0.3) is 0 Å². The van der Waals surface area contributed by atoms with E-state index in [2.05, 4.69) is 22.0 Å². The molecule has 9 heteroatoms. The van der Waals surface area contributed by atoms with E-state index in [1.54, 1.807) is 19.1 Å². The second-order valence-corrected chi connectivity index (χ2v) is 7.82. The summed E-state index contributed by atoms with van der Waals surface area (Å²) in [5, 5.41) is 12.8. The summed E-state index contributed by atoms with van der Waals surface area (Å²) in [5.41, 5.74) is -0.101. The predicted octanol–water partition coefficient (Wildman–Crippen LogP) is 4.07. The van der Waals surface area contributed by atoms with Gasteiger partial charge in [-0.05, 0) is 32.3 Å². The molecule has 0 aliphatic heterocycles. The number of nitrogens with zero attached hydrogens (tertiary/aromatic N) is 2. The smallest absolute Gasteiger partial charge is 0.410 e. The third kappa shape index (κ3) is 6.93. The first kappa shape index (κ1) is 25.6. The number of hydrogen-bond acceptors (Lipinski definition) is 7. The monoisotopic (exact) mass is 457 g/mol. The number of amides is 1. The van der Waals surface area contributed by atoms with E-state index in [1.807, 2.05) is 24.7 Å². The van der Waals surface area contributed by atoms with Crippen molar-refractivity contribution in [2.45, 2.75) is 52.4 Å². The molecule has 0 fully saturated rings. The summed E-state index contributed by atoms with van der Waals surface area (Å²) in [7, 11) is 3.10. The first-order valence-corrected chi connectivity index (χ1v) is 10.8. The van der Waals surface area contributed by atoms with Crippen LogP contribution in [0.3, 0.4) is 0 Å². The molecule has 0 spiro atoms. The molecule has 0 radical (unpaired) electrons. The molecule has 1 unspecified atom stereocenters. The second kappa shape index (κ2) is 11.8. The fourth-order valence-corrected chi connectivity index (χ4v) is 3.22. The van der Waals surface area contributed by atoms with E-state index in [-0.39, 0.29) is 17.3 Å². The molecule has 2 aromatic heterocycles. The van der Waals surface area contributed by atoms with Gasteiger partial charge in [0.15, 0.2) is 5.78 Å². The summed E-state index contributed by atoms with van der Waals surface area (Å²) in [4.78, 5) is 40.9. The molecule has 0 aliphatic rings. The zero-order valence-electron chi connectivity index (χ0n) is 19.7. The molecule has 0 bridgehead atoms. The number of rotatable bonds is 10. The number of allylic oxidation sites excluding steroid dienone is 2. The van der Waals surface area contributed by atoms with Gasteiger partial charge in [-0.1, -0.05) is 26.3 Å². The van der Waals surface area contributed by atoms with Crippen LogP contribution in [0, 0.1) is 0 Å². The average Bonchev–Trinajstić information content (AvgIpc) is 3.11. The van der Waals surface area contributed by atoms with E-state index < -0.39 is 28.8 Å². The van der Waals surface area contributed by atoms with E-state index in [0.717, 1.165) is 18.5 Å². The summed E-state index contributed by atoms with van der Waals surface area (Å²) in [6, 6.07) is 1.31. The number of aromatic hydroxyl groups is 1. The molecule has 9 nitrogen and oxygen atoms in total. The Morgan fingerprint density at radius 1 is 1.39 bits per heavy atom. The Balaban J connectivity index is 2.14. The highest BCUT2D eigenvalue weighted by molar-refractivity contribution is 6.11. The molecule has 0 saturated carbocycles. The van der Waals surface area contributed by atoms with Crippen LogP contribution in [0.4, 0.5) is 4.79 Å². The van der Waals surface area contributed by atoms with Crippen LogP contribution >= 0.6 is 0 Å². The molecule has 2 rings (SSSR count). The minimum absolute atomic E-state index is 0.197. The van der Waals surface area contributed by atoms with Crippen molar-refractivity contribution in [1.82, 2.24) is 14.9 Å². The van der Waals surface area contributed by atoms with Gasteiger partial charge in [0, 0.05) is 37.0 Å². The van der Waals surface area contributed by atoms with Gasteiger partial charge >= 0.3 is 11.7 Å². The van der Waals surface area contributed by atoms with Crippen LogP contribution in [0.2, 0.25) is 0 Å². The Morgan fingerprint density at radius 2 is 2.12 bits per heavy atom. The molecule has 2 N–H and O–H groups in total. The van der Waals surface area contributed by atoms with E-state index in [4.69, 9.17) is 4.42 Å². The van der Waals surface area contributed by atoms with Crippen molar-refractivity contribution in [3.63, 3.8) is 0 Å². The number of alkyl carbamates (subject to hydrolysis) is 1. The molecule has 178 valence electrons. The zero-order chi connectivity index (χ0) is 24.5. The van der Waals surface area contributed by atoms with Crippen LogP contribution in [0.25, 0.3) is 6.08 Å². The topological polar surface area (TPSA) is 124 Å². The van der Waals surface area contributed by atoms with Crippen molar-refractivity contribution in [2.75, 3.05) is 7.11 Å². The molecule has 0 aromatic carbocycles. The highest BCUT2D eigenvalue weighted by atomic mass is 16.5. The number of ketones is 1. The zero-order valence-corrected chi connectivity index (χ0v) is 19.7. The van der Waals surface area contributed by atoms with Gasteiger partial charge in [-0.2, -0.15) is 0 Å². The van der Waals surface area contributed by atoms with Gasteiger partial charge in [-0.25, -0.2) is 14.6 Å². The molecular formula is C24H31N3O6. The normalized spacial score (nSPS) is 12.7. The molecule has 0 aliphatic carbocycles.